The SMILES string of the molecule is CC(=O)c1c(Cl)c([N+](=O)[O-])c(O)c(OCCCc2ccccc2)c1OCCCl. The number of hydrogen-bond acceptors (Lipinski definition) is 6. The minimum Gasteiger partial charge on any atom is -0.499 e. The number of ketones is 1. The van der Waals surface area contributed by atoms with Crippen LogP contribution in [0.15, 0.2) is 30.3 Å². The molecule has 2 rings (SSSR count). The summed E-state index contributed by atoms with van der Waals surface area (Å²) in [5.74, 6) is -1.70. The van der Waals surface area contributed by atoms with E-state index >= 15 is 0 Å². The number of phenols is 1. The molecule has 9 heteroatoms. The molecule has 0 heterocycles. The second-order valence-corrected chi connectivity index (χ2v) is 6.59. The Hall–Kier alpha value is -2.51. The number of rotatable bonds is 10. The maximum absolute atomic E-state index is 12.0. The van der Waals surface area contributed by atoms with Crippen molar-refractivity contribution in [3.63, 3.8) is 0 Å². The lowest BCUT2D eigenvalue weighted by Gasteiger charge is -2.17. The summed E-state index contributed by atoms with van der Waals surface area (Å²) < 4.78 is 11.0. The van der Waals surface area contributed by atoms with Crippen LogP contribution in [0.1, 0.15) is 29.3 Å². The number of carbonyl (C=O) groups excluding carboxylic acids is 1. The summed E-state index contributed by atoms with van der Waals surface area (Å²) in [5.41, 5.74) is 0.0675. The fraction of sp³-hybridized carbons (Fsp3) is 0.316. The molecule has 2 aromatic carbocycles. The van der Waals surface area contributed by atoms with Gasteiger partial charge in [0.15, 0.2) is 11.5 Å². The third kappa shape index (κ3) is 5.05. The lowest BCUT2D eigenvalue weighted by Crippen LogP contribution is -2.10. The lowest BCUT2D eigenvalue weighted by atomic mass is 10.1. The fourth-order valence-electron chi connectivity index (χ4n) is 2.64. The summed E-state index contributed by atoms with van der Waals surface area (Å²) in [5, 5.41) is 21.2. The van der Waals surface area contributed by atoms with Crippen LogP contribution in [0.3, 0.4) is 0 Å². The quantitative estimate of drug-likeness (QED) is 0.192. The second kappa shape index (κ2) is 10.1. The standard InChI is InChI=1S/C19H19Cl2NO6/c1-12(23)14-15(21)16(22(25)26)17(24)19(18(14)28-11-9-20)27-10-5-8-13-6-3-2-4-7-13/h2-4,6-7,24H,5,8-11H2,1H3. The Morgan fingerprint density at radius 3 is 2.39 bits per heavy atom. The molecule has 0 aliphatic rings. The first-order chi connectivity index (χ1) is 13.4. The minimum atomic E-state index is -0.869. The number of nitro groups is 1. The number of Topliss-reactive ketones (excluding diaryl/α,β-unsaturated/α-hetero) is 1. The van der Waals surface area contributed by atoms with E-state index < -0.39 is 27.2 Å². The molecule has 28 heavy (non-hydrogen) atoms. The molecule has 0 spiro atoms. The fourth-order valence-corrected chi connectivity index (χ4v) is 3.09. The van der Waals surface area contributed by atoms with E-state index in [1.165, 1.54) is 6.92 Å². The number of hydrogen-bond donors (Lipinski definition) is 1. The third-order valence-electron chi connectivity index (χ3n) is 3.86. The molecule has 0 saturated heterocycles. The van der Waals surface area contributed by atoms with Gasteiger partial charge in [-0.2, -0.15) is 0 Å². The van der Waals surface area contributed by atoms with Gasteiger partial charge in [-0.3, -0.25) is 14.9 Å². The van der Waals surface area contributed by atoms with Crippen molar-refractivity contribution in [2.24, 2.45) is 0 Å². The van der Waals surface area contributed by atoms with Gasteiger partial charge in [-0.25, -0.2) is 0 Å². The Morgan fingerprint density at radius 2 is 1.82 bits per heavy atom. The zero-order valence-corrected chi connectivity index (χ0v) is 16.6. The highest BCUT2D eigenvalue weighted by atomic mass is 35.5. The molecule has 0 bridgehead atoms. The van der Waals surface area contributed by atoms with Gasteiger partial charge in [-0.05, 0) is 25.3 Å². The van der Waals surface area contributed by atoms with Crippen molar-refractivity contribution >= 4 is 34.7 Å². The first kappa shape index (κ1) is 21.8. The molecule has 0 aliphatic carbocycles. The van der Waals surface area contributed by atoms with E-state index in [2.05, 4.69) is 0 Å². The predicted octanol–water partition coefficient (Wildman–Crippen LogP) is 4.79. The molecule has 0 aliphatic heterocycles. The molecule has 0 radical (unpaired) electrons. The highest BCUT2D eigenvalue weighted by Gasteiger charge is 2.34. The largest absolute Gasteiger partial charge is 0.499 e. The normalized spacial score (nSPS) is 10.5. The molecule has 0 atom stereocenters. The van der Waals surface area contributed by atoms with Crippen molar-refractivity contribution in [1.29, 1.82) is 0 Å². The van der Waals surface area contributed by atoms with Gasteiger partial charge in [0.25, 0.3) is 0 Å². The van der Waals surface area contributed by atoms with E-state index in [1.807, 2.05) is 30.3 Å². The third-order valence-corrected chi connectivity index (χ3v) is 4.38. The van der Waals surface area contributed by atoms with E-state index in [0.717, 1.165) is 5.56 Å². The van der Waals surface area contributed by atoms with Crippen LogP contribution in [0.25, 0.3) is 0 Å². The molecule has 0 amide bonds. The molecule has 0 fully saturated rings. The Labute approximate surface area is 171 Å². The smallest absolute Gasteiger partial charge is 0.334 e. The number of halogens is 2. The average Bonchev–Trinajstić information content (AvgIpc) is 2.65. The highest BCUT2D eigenvalue weighted by molar-refractivity contribution is 6.37. The molecule has 7 nitrogen and oxygen atoms in total. The van der Waals surface area contributed by atoms with Crippen molar-refractivity contribution in [2.75, 3.05) is 19.1 Å². The van der Waals surface area contributed by atoms with Crippen molar-refractivity contribution in [3.8, 4) is 17.2 Å². The van der Waals surface area contributed by atoms with E-state index in [0.29, 0.717) is 12.8 Å². The molecule has 0 unspecified atom stereocenters. The maximum atomic E-state index is 12.0. The Bertz CT molecular complexity index is 857. The molecule has 0 saturated carbocycles. The summed E-state index contributed by atoms with van der Waals surface area (Å²) in [6, 6.07) is 9.68. The van der Waals surface area contributed by atoms with Crippen molar-refractivity contribution in [1.82, 2.24) is 0 Å². The monoisotopic (exact) mass is 427 g/mol. The summed E-state index contributed by atoms with van der Waals surface area (Å²) in [7, 11) is 0. The number of benzene rings is 2. The number of nitro benzene ring substituents is 1. The molecule has 150 valence electrons. The van der Waals surface area contributed by atoms with Crippen LogP contribution in [0, 0.1) is 10.1 Å². The number of alkyl halides is 1. The van der Waals surface area contributed by atoms with Gasteiger partial charge in [0.1, 0.15) is 11.6 Å². The molecule has 0 aromatic heterocycles. The molecular weight excluding hydrogens is 409 g/mol. The number of aromatic hydroxyl groups is 1. The maximum Gasteiger partial charge on any atom is 0.334 e. The van der Waals surface area contributed by atoms with Gasteiger partial charge >= 0.3 is 5.69 Å². The van der Waals surface area contributed by atoms with Crippen LogP contribution in [0.2, 0.25) is 5.02 Å². The van der Waals surface area contributed by atoms with Gasteiger partial charge in [0.2, 0.25) is 11.5 Å². The van der Waals surface area contributed by atoms with Crippen LogP contribution >= 0.6 is 23.2 Å². The first-order valence-corrected chi connectivity index (χ1v) is 9.39. The van der Waals surface area contributed by atoms with Crippen molar-refractivity contribution < 1.29 is 24.3 Å². The van der Waals surface area contributed by atoms with E-state index in [4.69, 9.17) is 32.7 Å². The minimum absolute atomic E-state index is 0.00418. The average molecular weight is 428 g/mol. The van der Waals surface area contributed by atoms with Crippen LogP contribution in [-0.2, 0) is 6.42 Å². The predicted molar refractivity (Wildman–Crippen MR) is 106 cm³/mol. The summed E-state index contributed by atoms with van der Waals surface area (Å²) in [4.78, 5) is 22.5. The van der Waals surface area contributed by atoms with Crippen LogP contribution in [-0.4, -0.2) is 34.9 Å². The Balaban J connectivity index is 2.35. The van der Waals surface area contributed by atoms with Crippen molar-refractivity contribution in [3.05, 3.63) is 56.6 Å². The molecular formula is C19H19Cl2NO6. The number of ether oxygens (including phenoxy) is 2. The lowest BCUT2D eigenvalue weighted by molar-refractivity contribution is -0.385. The number of nitrogens with zero attached hydrogens (tertiary/aromatic N) is 1. The number of phenolic OH excluding ortho intramolecular Hbond substituents is 1. The van der Waals surface area contributed by atoms with E-state index in [9.17, 15) is 20.0 Å². The van der Waals surface area contributed by atoms with Crippen molar-refractivity contribution in [2.45, 2.75) is 19.8 Å². The van der Waals surface area contributed by atoms with Gasteiger partial charge in [-0.1, -0.05) is 41.9 Å². The van der Waals surface area contributed by atoms with E-state index in [1.54, 1.807) is 0 Å². The topological polar surface area (TPSA) is 98.9 Å². The van der Waals surface area contributed by atoms with Gasteiger partial charge < -0.3 is 14.6 Å². The van der Waals surface area contributed by atoms with Gasteiger partial charge in [-0.15, -0.1) is 11.6 Å². The Kier molecular flexibility index (Phi) is 7.90. The number of carbonyl (C=O) groups is 1. The summed E-state index contributed by atoms with van der Waals surface area (Å²) >= 11 is 11.6. The van der Waals surface area contributed by atoms with Crippen LogP contribution < -0.4 is 9.47 Å². The zero-order chi connectivity index (χ0) is 20.7. The highest BCUT2D eigenvalue weighted by Crippen LogP contribution is 2.51. The molecule has 1 N–H and O–H groups in total. The van der Waals surface area contributed by atoms with Crippen LogP contribution in [0.5, 0.6) is 17.2 Å². The van der Waals surface area contributed by atoms with Gasteiger partial charge in [0, 0.05) is 0 Å². The van der Waals surface area contributed by atoms with Gasteiger partial charge in [0.05, 0.1) is 23.0 Å². The van der Waals surface area contributed by atoms with E-state index in [-0.39, 0.29) is 36.2 Å². The Morgan fingerprint density at radius 1 is 1.18 bits per heavy atom. The number of aryl methyl sites for hydroxylation is 1. The first-order valence-electron chi connectivity index (χ1n) is 8.47. The van der Waals surface area contributed by atoms with Crippen LogP contribution in [0.4, 0.5) is 5.69 Å². The second-order valence-electron chi connectivity index (χ2n) is 5.83. The molecule has 2 aromatic rings. The zero-order valence-electron chi connectivity index (χ0n) is 15.1. The summed E-state index contributed by atoms with van der Waals surface area (Å²) in [6.45, 7) is 1.32. The summed E-state index contributed by atoms with van der Waals surface area (Å²) in [6.07, 6.45) is 1.28.